The van der Waals surface area contributed by atoms with Gasteiger partial charge in [-0.1, -0.05) is 63.2 Å². The van der Waals surface area contributed by atoms with Crippen molar-refractivity contribution in [1.29, 1.82) is 0 Å². The van der Waals surface area contributed by atoms with Crippen molar-refractivity contribution in [2.45, 2.75) is 84.0 Å². The van der Waals surface area contributed by atoms with Crippen molar-refractivity contribution in [3.8, 4) is 5.75 Å². The number of aliphatic hydroxyl groups excluding tert-OH is 1. The van der Waals surface area contributed by atoms with Crippen LogP contribution in [0.25, 0.3) is 0 Å². The molecular formula is C35H48N2O6Si. The van der Waals surface area contributed by atoms with E-state index in [2.05, 4.69) is 63.6 Å². The molecule has 3 aromatic carbocycles. The summed E-state index contributed by atoms with van der Waals surface area (Å²) in [6, 6.07) is 20.5. The summed E-state index contributed by atoms with van der Waals surface area (Å²) < 4.78 is 11.5. The van der Waals surface area contributed by atoms with Gasteiger partial charge in [-0.05, 0) is 78.0 Å². The molecule has 0 saturated carbocycles. The maximum Gasteiger partial charge on any atom is 0.337 e. The van der Waals surface area contributed by atoms with E-state index >= 15 is 0 Å². The molecule has 3 rings (SSSR count). The van der Waals surface area contributed by atoms with E-state index in [1.54, 1.807) is 30.3 Å². The second kappa shape index (κ2) is 15.5. The Bertz CT molecular complexity index is 1400. The van der Waals surface area contributed by atoms with E-state index in [4.69, 9.17) is 9.16 Å². The first kappa shape index (κ1) is 35.0. The minimum Gasteiger partial charge on any atom is -0.508 e. The van der Waals surface area contributed by atoms with Crippen molar-refractivity contribution < 1.29 is 29.0 Å². The Labute approximate surface area is 262 Å². The van der Waals surface area contributed by atoms with E-state index in [-0.39, 0.29) is 41.9 Å². The van der Waals surface area contributed by atoms with Gasteiger partial charge in [0.2, 0.25) is 5.91 Å². The lowest BCUT2D eigenvalue weighted by Gasteiger charge is -2.40. The Hall–Kier alpha value is -3.50. The molecule has 9 heteroatoms. The fraction of sp³-hybridized carbons (Fsp3) is 0.429. The molecule has 0 aliphatic heterocycles. The number of phenols is 1. The van der Waals surface area contributed by atoms with Crippen LogP contribution in [0.2, 0.25) is 18.1 Å². The van der Waals surface area contributed by atoms with Gasteiger partial charge >= 0.3 is 5.97 Å². The number of aromatic hydroxyl groups is 1. The minimum absolute atomic E-state index is 0.0233. The Morgan fingerprint density at radius 1 is 0.955 bits per heavy atom. The highest BCUT2D eigenvalue weighted by Gasteiger charge is 2.39. The van der Waals surface area contributed by atoms with Gasteiger partial charge in [-0.15, -0.1) is 0 Å². The van der Waals surface area contributed by atoms with Crippen LogP contribution in [0, 0.1) is 0 Å². The Kier molecular flexibility index (Phi) is 12.3. The van der Waals surface area contributed by atoms with Crippen LogP contribution in [0.1, 0.15) is 72.0 Å². The summed E-state index contributed by atoms with van der Waals surface area (Å²) in [5.41, 5.74) is 4.84. The number of hydrogen-bond donors (Lipinski definition) is 4. The predicted molar refractivity (Wildman–Crippen MR) is 176 cm³/mol. The molecule has 0 saturated heterocycles. The number of rotatable bonds is 14. The molecule has 8 nitrogen and oxygen atoms in total. The van der Waals surface area contributed by atoms with Crippen LogP contribution in [0.3, 0.4) is 0 Å². The molecule has 0 aliphatic rings. The van der Waals surface area contributed by atoms with E-state index in [0.29, 0.717) is 24.2 Å². The van der Waals surface area contributed by atoms with E-state index in [1.807, 2.05) is 24.3 Å². The lowest BCUT2D eigenvalue weighted by Crippen LogP contribution is -2.44. The Balaban J connectivity index is 1.60. The molecule has 1 amide bonds. The number of carbonyl (C=O) groups excluding carboxylic acids is 2. The summed E-state index contributed by atoms with van der Waals surface area (Å²) in [4.78, 5) is 24.3. The molecule has 0 fully saturated rings. The van der Waals surface area contributed by atoms with Crippen LogP contribution in [-0.4, -0.2) is 50.1 Å². The maximum atomic E-state index is 12.7. The van der Waals surface area contributed by atoms with Gasteiger partial charge in [0.1, 0.15) is 5.75 Å². The standard InChI is InChI=1S/C35H48N2O6Si/c1-24(36-22-32(43-44(6,7)35(2,3)4)29-15-16-31(39)30(20-29)23-38)17-26-9-8-10-27(18-26)19-33(40)37-21-25-11-13-28(14-12-25)34(41)42-5/h8-16,18,20,24,32,36,38-39H,17,19,21-23H2,1-7H3,(H,37,40)/t24-,32+/m1/s1. The van der Waals surface area contributed by atoms with Crippen molar-refractivity contribution in [2.75, 3.05) is 13.7 Å². The average Bonchev–Trinajstić information content (AvgIpc) is 2.98. The van der Waals surface area contributed by atoms with Gasteiger partial charge < -0.3 is 30.0 Å². The molecule has 4 N–H and O–H groups in total. The van der Waals surface area contributed by atoms with Gasteiger partial charge in [0, 0.05) is 24.7 Å². The third-order valence-corrected chi connectivity index (χ3v) is 12.8. The van der Waals surface area contributed by atoms with Gasteiger partial charge in [0.25, 0.3) is 0 Å². The van der Waals surface area contributed by atoms with Crippen LogP contribution >= 0.6 is 0 Å². The number of hydrogen-bond acceptors (Lipinski definition) is 7. The van der Waals surface area contributed by atoms with Gasteiger partial charge in [0.05, 0.1) is 31.8 Å². The highest BCUT2D eigenvalue weighted by Crippen LogP contribution is 2.40. The van der Waals surface area contributed by atoms with Gasteiger partial charge in [-0.25, -0.2) is 4.79 Å². The molecule has 44 heavy (non-hydrogen) atoms. The highest BCUT2D eigenvalue weighted by atomic mass is 28.4. The van der Waals surface area contributed by atoms with Crippen LogP contribution in [-0.2, 0) is 40.0 Å². The summed E-state index contributed by atoms with van der Waals surface area (Å²) in [5, 5.41) is 26.4. The van der Waals surface area contributed by atoms with Crippen LogP contribution in [0.4, 0.5) is 0 Å². The van der Waals surface area contributed by atoms with Crippen LogP contribution in [0.5, 0.6) is 5.75 Å². The van der Waals surface area contributed by atoms with Crippen molar-refractivity contribution in [1.82, 2.24) is 10.6 Å². The molecule has 0 unspecified atom stereocenters. The first-order valence-corrected chi connectivity index (χ1v) is 18.0. The molecule has 0 bridgehead atoms. The fourth-order valence-electron chi connectivity index (χ4n) is 4.62. The van der Waals surface area contributed by atoms with E-state index in [0.717, 1.165) is 28.7 Å². The maximum absolute atomic E-state index is 12.7. The second-order valence-electron chi connectivity index (χ2n) is 12.9. The number of amides is 1. The topological polar surface area (TPSA) is 117 Å². The normalized spacial score (nSPS) is 13.3. The third-order valence-electron chi connectivity index (χ3n) is 8.30. The van der Waals surface area contributed by atoms with Crippen molar-refractivity contribution >= 4 is 20.2 Å². The number of ether oxygens (including phenoxy) is 1. The number of methoxy groups -OCH3 is 1. The van der Waals surface area contributed by atoms with Crippen molar-refractivity contribution in [2.24, 2.45) is 0 Å². The molecule has 0 aromatic heterocycles. The monoisotopic (exact) mass is 620 g/mol. The zero-order valence-electron chi connectivity index (χ0n) is 27.1. The van der Waals surface area contributed by atoms with E-state index < -0.39 is 14.3 Å². The molecule has 3 aromatic rings. The van der Waals surface area contributed by atoms with Gasteiger partial charge in [-0.2, -0.15) is 0 Å². The SMILES string of the molecule is COC(=O)c1ccc(CNC(=O)Cc2cccc(C[C@@H](C)NC[C@H](O[Si](C)(C)C(C)(C)C)c3ccc(O)c(CO)c3)c2)cc1. The zero-order chi connectivity index (χ0) is 32.5. The van der Waals surface area contributed by atoms with Gasteiger partial charge in [0.15, 0.2) is 8.32 Å². The number of aliphatic hydroxyl groups is 1. The van der Waals surface area contributed by atoms with Crippen molar-refractivity contribution in [3.63, 3.8) is 0 Å². The fourth-order valence-corrected chi connectivity index (χ4v) is 5.90. The molecular weight excluding hydrogens is 572 g/mol. The first-order valence-electron chi connectivity index (χ1n) is 15.1. The lowest BCUT2D eigenvalue weighted by molar-refractivity contribution is -0.120. The second-order valence-corrected chi connectivity index (χ2v) is 17.6. The number of carbonyl (C=O) groups is 2. The summed E-state index contributed by atoms with van der Waals surface area (Å²) in [7, 11) is -0.775. The molecule has 0 spiro atoms. The number of nitrogens with one attached hydrogen (secondary N) is 2. The highest BCUT2D eigenvalue weighted by molar-refractivity contribution is 6.74. The number of esters is 1. The summed E-state index contributed by atoms with van der Waals surface area (Å²) in [5.74, 6) is -0.392. The predicted octanol–water partition coefficient (Wildman–Crippen LogP) is 5.81. The minimum atomic E-state index is -2.12. The van der Waals surface area contributed by atoms with Crippen molar-refractivity contribution in [3.05, 3.63) is 100 Å². The van der Waals surface area contributed by atoms with Crippen LogP contribution in [0.15, 0.2) is 66.7 Å². The van der Waals surface area contributed by atoms with E-state index in [1.165, 1.54) is 7.11 Å². The summed E-state index contributed by atoms with van der Waals surface area (Å²) >= 11 is 0. The quantitative estimate of drug-likeness (QED) is 0.133. The van der Waals surface area contributed by atoms with Crippen LogP contribution < -0.4 is 10.6 Å². The Morgan fingerprint density at radius 3 is 2.27 bits per heavy atom. The molecule has 0 radical (unpaired) electrons. The number of benzene rings is 3. The Morgan fingerprint density at radius 2 is 1.64 bits per heavy atom. The molecule has 2 atom stereocenters. The average molecular weight is 621 g/mol. The summed E-state index contributed by atoms with van der Waals surface area (Å²) in [6.45, 7) is 13.9. The molecule has 0 aliphatic carbocycles. The first-order chi connectivity index (χ1) is 20.7. The lowest BCUT2D eigenvalue weighted by atomic mass is 10.0. The zero-order valence-corrected chi connectivity index (χ0v) is 28.1. The summed E-state index contributed by atoms with van der Waals surface area (Å²) in [6.07, 6.45) is 0.800. The smallest absolute Gasteiger partial charge is 0.337 e. The largest absolute Gasteiger partial charge is 0.508 e. The molecule has 0 heterocycles. The third kappa shape index (κ3) is 10.0. The molecule has 238 valence electrons. The van der Waals surface area contributed by atoms with E-state index in [9.17, 15) is 19.8 Å². The van der Waals surface area contributed by atoms with Gasteiger partial charge in [-0.3, -0.25) is 4.79 Å².